The van der Waals surface area contributed by atoms with E-state index in [0.29, 0.717) is 18.2 Å². The van der Waals surface area contributed by atoms with Crippen LogP contribution in [0.3, 0.4) is 0 Å². The van der Waals surface area contributed by atoms with E-state index in [2.05, 4.69) is 5.32 Å². The highest BCUT2D eigenvalue weighted by atomic mass is 16.5. The van der Waals surface area contributed by atoms with E-state index in [-0.39, 0.29) is 0 Å². The van der Waals surface area contributed by atoms with E-state index in [1.54, 1.807) is 0 Å². The quantitative estimate of drug-likeness (QED) is 0.770. The summed E-state index contributed by atoms with van der Waals surface area (Å²) in [5.41, 5.74) is 6.43. The molecule has 4 nitrogen and oxygen atoms in total. The summed E-state index contributed by atoms with van der Waals surface area (Å²) in [6.45, 7) is 2.73. The molecular weight excluding hydrogens is 228 g/mol. The Labute approximate surface area is 108 Å². The van der Waals surface area contributed by atoms with Crippen LogP contribution in [0.4, 0.5) is 0 Å². The van der Waals surface area contributed by atoms with E-state index < -0.39 is 12.0 Å². The largest absolute Gasteiger partial charge is 0.481 e. The second kappa shape index (κ2) is 5.87. The fourth-order valence-electron chi connectivity index (χ4n) is 1.79. The van der Waals surface area contributed by atoms with Gasteiger partial charge in [0.2, 0.25) is 0 Å². The predicted octanol–water partition coefficient (Wildman–Crippen LogP) is 1.58. The zero-order valence-corrected chi connectivity index (χ0v) is 10.7. The molecule has 0 spiro atoms. The molecule has 1 aliphatic rings. The van der Waals surface area contributed by atoms with Crippen LogP contribution in [0.15, 0.2) is 24.3 Å². The molecule has 1 aliphatic carbocycles. The van der Waals surface area contributed by atoms with Gasteiger partial charge in [0.05, 0.1) is 0 Å². The fraction of sp³-hybridized carbons (Fsp3) is 0.500. The molecule has 0 heterocycles. The standard InChI is InChI=1S/C14H20N2O2/c1-2-13(14(15)17)18-12-5-3-4-10(8-12)9-16-11-6-7-11/h3-5,8,11,13,16H,2,6-7,9H2,1H3,(H2,15,17). The van der Waals surface area contributed by atoms with Crippen molar-refractivity contribution in [2.24, 2.45) is 5.73 Å². The van der Waals surface area contributed by atoms with Gasteiger partial charge in [-0.25, -0.2) is 0 Å². The summed E-state index contributed by atoms with van der Waals surface area (Å²) in [6, 6.07) is 8.48. The molecule has 0 radical (unpaired) electrons. The molecule has 18 heavy (non-hydrogen) atoms. The van der Waals surface area contributed by atoms with Crippen LogP contribution < -0.4 is 15.8 Å². The number of carbonyl (C=O) groups is 1. The number of carbonyl (C=O) groups excluding carboxylic acids is 1. The maximum atomic E-state index is 11.1. The first-order valence-corrected chi connectivity index (χ1v) is 6.47. The smallest absolute Gasteiger partial charge is 0.258 e. The molecule has 0 aromatic heterocycles. The topological polar surface area (TPSA) is 64.3 Å². The molecule has 1 atom stereocenters. The molecule has 0 saturated heterocycles. The van der Waals surface area contributed by atoms with Crippen LogP contribution in [-0.4, -0.2) is 18.1 Å². The van der Waals surface area contributed by atoms with Gasteiger partial charge in [-0.1, -0.05) is 19.1 Å². The summed E-state index contributed by atoms with van der Waals surface area (Å²) in [6.07, 6.45) is 2.59. The van der Waals surface area contributed by atoms with Gasteiger partial charge < -0.3 is 15.8 Å². The third kappa shape index (κ3) is 3.74. The minimum absolute atomic E-state index is 0.418. The summed E-state index contributed by atoms with van der Waals surface area (Å²) in [5.74, 6) is 0.287. The number of nitrogens with one attached hydrogen (secondary N) is 1. The monoisotopic (exact) mass is 248 g/mol. The van der Waals surface area contributed by atoms with Crippen molar-refractivity contribution >= 4 is 5.91 Å². The molecule has 0 aliphatic heterocycles. The molecule has 1 aromatic rings. The van der Waals surface area contributed by atoms with Gasteiger partial charge >= 0.3 is 0 Å². The fourth-order valence-corrected chi connectivity index (χ4v) is 1.79. The van der Waals surface area contributed by atoms with Gasteiger partial charge in [-0.3, -0.25) is 4.79 Å². The van der Waals surface area contributed by atoms with Crippen LogP contribution in [0.25, 0.3) is 0 Å². The number of nitrogens with two attached hydrogens (primary N) is 1. The second-order valence-corrected chi connectivity index (χ2v) is 4.72. The van der Waals surface area contributed by atoms with Crippen molar-refractivity contribution in [3.63, 3.8) is 0 Å². The minimum atomic E-state index is -0.545. The predicted molar refractivity (Wildman–Crippen MR) is 70.2 cm³/mol. The number of hydrogen-bond acceptors (Lipinski definition) is 3. The highest BCUT2D eigenvalue weighted by Gasteiger charge is 2.20. The molecule has 1 amide bonds. The molecule has 4 heteroatoms. The van der Waals surface area contributed by atoms with Crippen molar-refractivity contribution in [2.45, 2.75) is 44.9 Å². The Hall–Kier alpha value is -1.55. The number of primary amides is 1. The van der Waals surface area contributed by atoms with Crippen molar-refractivity contribution in [1.29, 1.82) is 0 Å². The Bertz CT molecular complexity index is 416. The minimum Gasteiger partial charge on any atom is -0.481 e. The number of hydrogen-bond donors (Lipinski definition) is 2. The molecule has 1 aromatic carbocycles. The third-order valence-electron chi connectivity index (χ3n) is 3.04. The van der Waals surface area contributed by atoms with Gasteiger partial charge in [-0.2, -0.15) is 0 Å². The zero-order chi connectivity index (χ0) is 13.0. The summed E-state index contributed by atoms with van der Waals surface area (Å²) < 4.78 is 5.59. The van der Waals surface area contributed by atoms with Crippen molar-refractivity contribution in [3.8, 4) is 5.75 Å². The van der Waals surface area contributed by atoms with Gasteiger partial charge in [0.1, 0.15) is 5.75 Å². The number of amides is 1. The van der Waals surface area contributed by atoms with E-state index in [4.69, 9.17) is 10.5 Å². The number of ether oxygens (including phenoxy) is 1. The SMILES string of the molecule is CCC(Oc1cccc(CNC2CC2)c1)C(N)=O. The lowest BCUT2D eigenvalue weighted by atomic mass is 10.2. The van der Waals surface area contributed by atoms with E-state index in [1.807, 2.05) is 31.2 Å². The van der Waals surface area contributed by atoms with E-state index in [0.717, 1.165) is 6.54 Å². The second-order valence-electron chi connectivity index (χ2n) is 4.72. The molecule has 98 valence electrons. The average molecular weight is 248 g/mol. The Kier molecular flexibility index (Phi) is 4.20. The van der Waals surface area contributed by atoms with Crippen LogP contribution >= 0.6 is 0 Å². The Morgan fingerprint density at radius 3 is 2.94 bits per heavy atom. The lowest BCUT2D eigenvalue weighted by molar-refractivity contribution is -0.124. The summed E-state index contributed by atoms with van der Waals surface area (Å²) in [4.78, 5) is 11.1. The van der Waals surface area contributed by atoms with Crippen molar-refractivity contribution in [3.05, 3.63) is 29.8 Å². The maximum absolute atomic E-state index is 11.1. The molecule has 2 rings (SSSR count). The van der Waals surface area contributed by atoms with E-state index >= 15 is 0 Å². The molecule has 3 N–H and O–H groups in total. The number of rotatable bonds is 7. The Morgan fingerprint density at radius 1 is 1.56 bits per heavy atom. The van der Waals surface area contributed by atoms with Crippen molar-refractivity contribution in [2.75, 3.05) is 0 Å². The van der Waals surface area contributed by atoms with Gasteiger partial charge in [0.25, 0.3) is 5.91 Å². The van der Waals surface area contributed by atoms with Gasteiger partial charge in [0, 0.05) is 12.6 Å². The summed E-state index contributed by atoms with van der Waals surface area (Å²) in [7, 11) is 0. The van der Waals surface area contributed by atoms with E-state index in [1.165, 1.54) is 18.4 Å². The molecule has 1 saturated carbocycles. The average Bonchev–Trinajstić information content (AvgIpc) is 3.17. The molecule has 1 unspecified atom stereocenters. The lowest BCUT2D eigenvalue weighted by Crippen LogP contribution is -2.33. The van der Waals surface area contributed by atoms with Crippen LogP contribution in [0, 0.1) is 0 Å². The van der Waals surface area contributed by atoms with Crippen LogP contribution in [0.5, 0.6) is 5.75 Å². The lowest BCUT2D eigenvalue weighted by Gasteiger charge is -2.14. The molecule has 1 fully saturated rings. The Balaban J connectivity index is 1.94. The highest BCUT2D eigenvalue weighted by Crippen LogP contribution is 2.20. The maximum Gasteiger partial charge on any atom is 0.258 e. The Morgan fingerprint density at radius 2 is 2.33 bits per heavy atom. The summed E-state index contributed by atoms with van der Waals surface area (Å²) >= 11 is 0. The van der Waals surface area contributed by atoms with Gasteiger partial charge in [-0.05, 0) is 37.0 Å². The first kappa shape index (κ1) is 12.9. The van der Waals surface area contributed by atoms with Crippen LogP contribution in [-0.2, 0) is 11.3 Å². The zero-order valence-electron chi connectivity index (χ0n) is 10.7. The normalized spacial score (nSPS) is 16.3. The first-order valence-electron chi connectivity index (χ1n) is 6.47. The molecular formula is C14H20N2O2. The first-order chi connectivity index (χ1) is 8.69. The van der Waals surface area contributed by atoms with Crippen molar-refractivity contribution < 1.29 is 9.53 Å². The summed E-state index contributed by atoms with van der Waals surface area (Å²) in [5, 5.41) is 3.44. The third-order valence-corrected chi connectivity index (χ3v) is 3.04. The van der Waals surface area contributed by atoms with Gasteiger partial charge in [0.15, 0.2) is 6.10 Å². The van der Waals surface area contributed by atoms with Crippen LogP contribution in [0.2, 0.25) is 0 Å². The van der Waals surface area contributed by atoms with E-state index in [9.17, 15) is 4.79 Å². The van der Waals surface area contributed by atoms with Gasteiger partial charge in [-0.15, -0.1) is 0 Å². The van der Waals surface area contributed by atoms with Crippen LogP contribution in [0.1, 0.15) is 31.7 Å². The van der Waals surface area contributed by atoms with Crippen molar-refractivity contribution in [1.82, 2.24) is 5.32 Å². The number of benzene rings is 1. The molecule has 0 bridgehead atoms. The highest BCUT2D eigenvalue weighted by molar-refractivity contribution is 5.79.